The molecule has 1 saturated heterocycles. The summed E-state index contributed by atoms with van der Waals surface area (Å²) in [5.74, 6) is -0.213. The molecule has 1 fully saturated rings. The third kappa shape index (κ3) is 3.33. The van der Waals surface area contributed by atoms with Crippen molar-refractivity contribution in [1.29, 1.82) is 0 Å². The number of piperidine rings is 1. The molecule has 0 radical (unpaired) electrons. The van der Waals surface area contributed by atoms with Crippen LogP contribution in [0, 0.1) is 0 Å². The average molecular weight is 304 g/mol. The maximum Gasteiger partial charge on any atom is 0.253 e. The number of carbonyl (C=O) groups excluding carboxylic acids is 1. The van der Waals surface area contributed by atoms with Gasteiger partial charge in [0.15, 0.2) is 11.1 Å². The molecule has 1 aromatic rings. The molecule has 104 valence electrons. The number of nitrogens with zero attached hydrogens (tertiary/aromatic N) is 1. The second-order valence-electron chi connectivity index (χ2n) is 4.42. The van der Waals surface area contributed by atoms with Crippen LogP contribution in [0.25, 0.3) is 0 Å². The topological polar surface area (TPSA) is 77.8 Å². The first-order valence-corrected chi connectivity index (χ1v) is 7.35. The van der Waals surface area contributed by atoms with E-state index in [0.717, 1.165) is 0 Å². The van der Waals surface area contributed by atoms with Crippen molar-refractivity contribution in [3.8, 4) is 0 Å². The molecule has 0 bridgehead atoms. The number of hydrogen-bond acceptors (Lipinski definition) is 3. The van der Waals surface area contributed by atoms with E-state index < -0.39 is 11.1 Å². The molecule has 1 heterocycles. The van der Waals surface area contributed by atoms with Gasteiger partial charge in [-0.3, -0.25) is 4.79 Å². The maximum atomic E-state index is 12.2. The molecule has 0 aliphatic carbocycles. The first-order chi connectivity index (χ1) is 8.99. The van der Waals surface area contributed by atoms with Crippen LogP contribution in [0.3, 0.4) is 0 Å². The Labute approximate surface area is 118 Å². The lowest BCUT2D eigenvalue weighted by Gasteiger charge is -2.29. The van der Waals surface area contributed by atoms with Crippen LogP contribution in [0.15, 0.2) is 23.1 Å². The van der Waals surface area contributed by atoms with Crippen molar-refractivity contribution in [3.05, 3.63) is 28.8 Å². The summed E-state index contributed by atoms with van der Waals surface area (Å²) in [4.78, 5) is 13.9. The van der Waals surface area contributed by atoms with Crippen molar-refractivity contribution in [2.24, 2.45) is 0 Å². The second kappa shape index (κ2) is 6.00. The van der Waals surface area contributed by atoms with Gasteiger partial charge in [0.05, 0.1) is 16.0 Å². The highest BCUT2D eigenvalue weighted by Gasteiger charge is 2.23. The van der Waals surface area contributed by atoms with Crippen LogP contribution in [0.4, 0.5) is 0 Å². The lowest BCUT2D eigenvalue weighted by molar-refractivity contribution is 0.0546. The van der Waals surface area contributed by atoms with Crippen LogP contribution in [0.5, 0.6) is 0 Å². The fourth-order valence-corrected chi connectivity index (χ4v) is 2.80. The highest BCUT2D eigenvalue weighted by atomic mass is 35.5. The SMILES string of the molecule is O=C(c1ccc(Cl)c(S(=O)O)c1)N1CCC(O)CC1. The molecule has 1 aromatic carbocycles. The highest BCUT2D eigenvalue weighted by molar-refractivity contribution is 7.79. The first-order valence-electron chi connectivity index (χ1n) is 5.87. The van der Waals surface area contributed by atoms with Gasteiger partial charge in [0, 0.05) is 18.7 Å². The van der Waals surface area contributed by atoms with E-state index in [1.54, 1.807) is 4.90 Å². The molecule has 0 spiro atoms. The lowest BCUT2D eigenvalue weighted by atomic mass is 10.1. The minimum absolute atomic E-state index is 0.0320. The van der Waals surface area contributed by atoms with Crippen molar-refractivity contribution in [2.45, 2.75) is 23.8 Å². The number of likely N-dealkylation sites (tertiary alicyclic amines) is 1. The molecular formula is C12H14ClNO4S. The number of carbonyl (C=O) groups is 1. The van der Waals surface area contributed by atoms with Crippen LogP contribution < -0.4 is 0 Å². The van der Waals surface area contributed by atoms with Crippen molar-refractivity contribution >= 4 is 28.6 Å². The quantitative estimate of drug-likeness (QED) is 0.812. The van der Waals surface area contributed by atoms with E-state index in [0.29, 0.717) is 31.5 Å². The van der Waals surface area contributed by atoms with Crippen molar-refractivity contribution in [3.63, 3.8) is 0 Å². The molecule has 2 rings (SSSR count). The Kier molecular flexibility index (Phi) is 4.57. The van der Waals surface area contributed by atoms with Gasteiger partial charge in [0.1, 0.15) is 0 Å². The molecule has 1 atom stereocenters. The zero-order chi connectivity index (χ0) is 14.0. The molecular weight excluding hydrogens is 290 g/mol. The van der Waals surface area contributed by atoms with E-state index in [2.05, 4.69) is 0 Å². The smallest absolute Gasteiger partial charge is 0.253 e. The van der Waals surface area contributed by atoms with Crippen molar-refractivity contribution < 1.29 is 18.7 Å². The van der Waals surface area contributed by atoms with Gasteiger partial charge in [-0.2, -0.15) is 0 Å². The monoisotopic (exact) mass is 303 g/mol. The fraction of sp³-hybridized carbons (Fsp3) is 0.417. The predicted molar refractivity (Wildman–Crippen MR) is 71.6 cm³/mol. The third-order valence-electron chi connectivity index (χ3n) is 3.12. The summed E-state index contributed by atoms with van der Waals surface area (Å²) in [5.41, 5.74) is 0.332. The molecule has 1 aliphatic rings. The van der Waals surface area contributed by atoms with Crippen molar-refractivity contribution in [1.82, 2.24) is 4.90 Å². The zero-order valence-corrected chi connectivity index (χ0v) is 11.7. The van der Waals surface area contributed by atoms with Crippen molar-refractivity contribution in [2.75, 3.05) is 13.1 Å². The summed E-state index contributed by atoms with van der Waals surface area (Å²) in [6.45, 7) is 0.973. The number of rotatable bonds is 2. The molecule has 2 N–H and O–H groups in total. The number of halogens is 1. The number of amides is 1. The van der Waals surface area contributed by atoms with Gasteiger partial charge in [-0.15, -0.1) is 0 Å². The minimum Gasteiger partial charge on any atom is -0.393 e. The lowest BCUT2D eigenvalue weighted by Crippen LogP contribution is -2.40. The third-order valence-corrected chi connectivity index (χ3v) is 4.27. The number of hydrogen-bond donors (Lipinski definition) is 2. The van der Waals surface area contributed by atoms with E-state index in [1.165, 1.54) is 18.2 Å². The molecule has 1 aliphatic heterocycles. The molecule has 1 amide bonds. The van der Waals surface area contributed by atoms with Gasteiger partial charge >= 0.3 is 0 Å². The summed E-state index contributed by atoms with van der Waals surface area (Å²) in [7, 11) is 0. The fourth-order valence-electron chi connectivity index (χ4n) is 2.02. The van der Waals surface area contributed by atoms with Gasteiger partial charge < -0.3 is 14.6 Å². The Hall–Kier alpha value is -0.950. The molecule has 0 saturated carbocycles. The Morgan fingerprint density at radius 1 is 1.37 bits per heavy atom. The van der Waals surface area contributed by atoms with Crippen LogP contribution in [0.2, 0.25) is 5.02 Å². The van der Waals surface area contributed by atoms with E-state index in [4.69, 9.17) is 16.2 Å². The summed E-state index contributed by atoms with van der Waals surface area (Å²) in [5, 5.41) is 9.56. The largest absolute Gasteiger partial charge is 0.393 e. The molecule has 1 unspecified atom stereocenters. The summed E-state index contributed by atoms with van der Waals surface area (Å²) < 4.78 is 20.2. The van der Waals surface area contributed by atoms with E-state index >= 15 is 0 Å². The zero-order valence-electron chi connectivity index (χ0n) is 10.1. The van der Waals surface area contributed by atoms with E-state index in [1.807, 2.05) is 0 Å². The Balaban J connectivity index is 2.20. The van der Waals surface area contributed by atoms with Crippen LogP contribution in [-0.2, 0) is 11.1 Å². The normalized spacial score (nSPS) is 18.4. The van der Waals surface area contributed by atoms with Crippen LogP contribution in [-0.4, -0.2) is 43.9 Å². The summed E-state index contributed by atoms with van der Waals surface area (Å²) >= 11 is 3.57. The predicted octanol–water partition coefficient (Wildman–Crippen LogP) is 1.52. The Morgan fingerprint density at radius 2 is 2.00 bits per heavy atom. The van der Waals surface area contributed by atoms with E-state index in [-0.39, 0.29) is 21.9 Å². The standard InChI is InChI=1S/C12H14ClNO4S/c13-10-2-1-8(7-11(10)19(17)18)12(16)14-5-3-9(15)4-6-14/h1-2,7,9,15H,3-6H2,(H,17,18). The van der Waals surface area contributed by atoms with E-state index in [9.17, 15) is 14.1 Å². The second-order valence-corrected chi connectivity index (χ2v) is 5.76. The van der Waals surface area contributed by atoms with Gasteiger partial charge in [-0.1, -0.05) is 11.6 Å². The first kappa shape index (κ1) is 14.5. The van der Waals surface area contributed by atoms with Gasteiger partial charge in [-0.25, -0.2) is 4.21 Å². The summed E-state index contributed by atoms with van der Waals surface area (Å²) in [6, 6.07) is 4.31. The molecule has 19 heavy (non-hydrogen) atoms. The van der Waals surface area contributed by atoms with Crippen LogP contribution in [0.1, 0.15) is 23.2 Å². The maximum absolute atomic E-state index is 12.2. The van der Waals surface area contributed by atoms with Gasteiger partial charge in [0.25, 0.3) is 5.91 Å². The summed E-state index contributed by atoms with van der Waals surface area (Å²) in [6.07, 6.45) is 0.755. The average Bonchev–Trinajstić information content (AvgIpc) is 2.39. The van der Waals surface area contributed by atoms with Crippen LogP contribution >= 0.6 is 11.6 Å². The Bertz CT molecular complexity index is 514. The van der Waals surface area contributed by atoms with Gasteiger partial charge in [-0.05, 0) is 31.0 Å². The van der Waals surface area contributed by atoms with Gasteiger partial charge in [0.2, 0.25) is 0 Å². The Morgan fingerprint density at radius 3 is 2.58 bits per heavy atom. The number of aliphatic hydroxyl groups excluding tert-OH is 1. The molecule has 7 heteroatoms. The number of benzene rings is 1. The number of aliphatic hydroxyl groups is 1. The minimum atomic E-state index is -2.22. The highest BCUT2D eigenvalue weighted by Crippen LogP contribution is 2.22. The molecule has 0 aromatic heterocycles. The molecule has 5 nitrogen and oxygen atoms in total.